The smallest absolute Gasteiger partial charge is 0.261 e. The third-order valence-corrected chi connectivity index (χ3v) is 6.82. The van der Waals surface area contributed by atoms with Gasteiger partial charge in [-0.1, -0.05) is 39.7 Å². The van der Waals surface area contributed by atoms with Gasteiger partial charge in [0.25, 0.3) is 15.9 Å². The molecule has 3 aromatic rings. The molecule has 9 heteroatoms. The number of benzene rings is 3. The summed E-state index contributed by atoms with van der Waals surface area (Å²) in [6.45, 7) is 3.43. The van der Waals surface area contributed by atoms with Gasteiger partial charge in [-0.05, 0) is 79.6 Å². The first kappa shape index (κ1) is 24.1. The highest BCUT2D eigenvalue weighted by Gasteiger charge is 2.17. The fourth-order valence-electron chi connectivity index (χ4n) is 2.94. The summed E-state index contributed by atoms with van der Waals surface area (Å²) in [5.74, 6) is 0.155. The lowest BCUT2D eigenvalue weighted by Gasteiger charge is -2.16. The molecule has 0 heterocycles. The molecule has 2 N–H and O–H groups in total. The van der Waals surface area contributed by atoms with Gasteiger partial charge in [-0.2, -0.15) is 0 Å². The van der Waals surface area contributed by atoms with Gasteiger partial charge in [0.05, 0.1) is 10.9 Å². The van der Waals surface area contributed by atoms with Crippen molar-refractivity contribution in [1.29, 1.82) is 0 Å². The highest BCUT2D eigenvalue weighted by atomic mass is 79.9. The molecule has 0 aromatic heterocycles. The standard InChI is InChI=1S/C23H22BrClN2O4S/c1-15-13-21(32(29,30)27-20-9-7-19(25)8-10-20)11-12-22(15)31-14-23(28)26-16(2)17-3-5-18(24)6-4-17/h3-13,16,27H,14H2,1-2H3,(H,26,28)/t16-/m1/s1. The number of sulfonamides is 1. The number of aryl methyl sites for hydroxylation is 1. The van der Waals surface area contributed by atoms with Crippen LogP contribution in [0.4, 0.5) is 5.69 Å². The minimum Gasteiger partial charge on any atom is -0.484 e. The molecule has 1 amide bonds. The van der Waals surface area contributed by atoms with E-state index in [1.165, 1.54) is 18.2 Å². The number of hydrogen-bond donors (Lipinski definition) is 2. The average Bonchev–Trinajstić information content (AvgIpc) is 2.74. The number of carbonyl (C=O) groups excluding carboxylic acids is 1. The van der Waals surface area contributed by atoms with E-state index in [9.17, 15) is 13.2 Å². The summed E-state index contributed by atoms with van der Waals surface area (Å²) in [7, 11) is -3.78. The summed E-state index contributed by atoms with van der Waals surface area (Å²) in [6.07, 6.45) is 0. The molecule has 32 heavy (non-hydrogen) atoms. The molecule has 0 saturated carbocycles. The zero-order chi connectivity index (χ0) is 23.3. The van der Waals surface area contributed by atoms with Crippen LogP contribution in [0.1, 0.15) is 24.1 Å². The normalized spacial score (nSPS) is 12.1. The van der Waals surface area contributed by atoms with Gasteiger partial charge in [0, 0.05) is 15.2 Å². The summed E-state index contributed by atoms with van der Waals surface area (Å²) < 4.78 is 34.4. The maximum atomic E-state index is 12.6. The third-order valence-electron chi connectivity index (χ3n) is 4.66. The van der Waals surface area contributed by atoms with Gasteiger partial charge in [-0.15, -0.1) is 0 Å². The molecule has 0 fully saturated rings. The number of amides is 1. The van der Waals surface area contributed by atoms with Gasteiger partial charge in [0.1, 0.15) is 5.75 Å². The molecule has 0 aliphatic carbocycles. The quantitative estimate of drug-likeness (QED) is 0.399. The maximum Gasteiger partial charge on any atom is 0.261 e. The summed E-state index contributed by atoms with van der Waals surface area (Å²) >= 11 is 9.22. The van der Waals surface area contributed by atoms with Gasteiger partial charge in [0.15, 0.2) is 6.61 Å². The van der Waals surface area contributed by atoms with Gasteiger partial charge in [-0.25, -0.2) is 8.42 Å². The second-order valence-corrected chi connectivity index (χ2v) is 10.2. The molecule has 0 unspecified atom stereocenters. The topological polar surface area (TPSA) is 84.5 Å². The molecule has 0 saturated heterocycles. The molecule has 3 rings (SSSR count). The summed E-state index contributed by atoms with van der Waals surface area (Å²) in [6, 6.07) is 18.3. The van der Waals surface area contributed by atoms with Crippen LogP contribution in [0.15, 0.2) is 76.1 Å². The van der Waals surface area contributed by atoms with Gasteiger partial charge in [-0.3, -0.25) is 9.52 Å². The Morgan fingerprint density at radius 3 is 2.34 bits per heavy atom. The van der Waals surface area contributed by atoms with Crippen LogP contribution in [0.3, 0.4) is 0 Å². The van der Waals surface area contributed by atoms with Gasteiger partial charge >= 0.3 is 0 Å². The second kappa shape index (κ2) is 10.4. The molecule has 0 bridgehead atoms. The molecule has 6 nitrogen and oxygen atoms in total. The minimum atomic E-state index is -3.78. The highest BCUT2D eigenvalue weighted by Crippen LogP contribution is 2.24. The van der Waals surface area contributed by atoms with E-state index in [2.05, 4.69) is 26.0 Å². The van der Waals surface area contributed by atoms with E-state index in [4.69, 9.17) is 16.3 Å². The maximum absolute atomic E-state index is 12.6. The van der Waals surface area contributed by atoms with Crippen molar-refractivity contribution in [3.05, 3.63) is 87.4 Å². The van der Waals surface area contributed by atoms with Crippen LogP contribution in [-0.4, -0.2) is 20.9 Å². The summed E-state index contributed by atoms with van der Waals surface area (Å²) in [4.78, 5) is 12.4. The lowest BCUT2D eigenvalue weighted by Crippen LogP contribution is -2.31. The average molecular weight is 538 g/mol. The van der Waals surface area contributed by atoms with Crippen molar-refractivity contribution in [2.45, 2.75) is 24.8 Å². The van der Waals surface area contributed by atoms with Crippen LogP contribution in [0.2, 0.25) is 5.02 Å². The highest BCUT2D eigenvalue weighted by molar-refractivity contribution is 9.10. The number of hydrogen-bond acceptors (Lipinski definition) is 4. The van der Waals surface area contributed by atoms with Crippen molar-refractivity contribution in [2.24, 2.45) is 0 Å². The monoisotopic (exact) mass is 536 g/mol. The Hall–Kier alpha value is -2.55. The Bertz CT molecular complexity index is 1200. The Morgan fingerprint density at radius 2 is 1.72 bits per heavy atom. The number of nitrogens with one attached hydrogen (secondary N) is 2. The van der Waals surface area contributed by atoms with Gasteiger partial charge < -0.3 is 10.1 Å². The fourth-order valence-corrected chi connectivity index (χ4v) is 4.48. The third kappa shape index (κ3) is 6.48. The van der Waals surface area contributed by atoms with Crippen LogP contribution in [-0.2, 0) is 14.8 Å². The van der Waals surface area contributed by atoms with Crippen molar-refractivity contribution < 1.29 is 17.9 Å². The molecular formula is C23H22BrClN2O4S. The predicted molar refractivity (Wildman–Crippen MR) is 130 cm³/mol. The lowest BCUT2D eigenvalue weighted by atomic mass is 10.1. The van der Waals surface area contributed by atoms with Crippen molar-refractivity contribution >= 4 is 49.1 Å². The Kier molecular flexibility index (Phi) is 7.82. The zero-order valence-corrected chi connectivity index (χ0v) is 20.6. The van der Waals surface area contributed by atoms with Crippen molar-refractivity contribution in [2.75, 3.05) is 11.3 Å². The predicted octanol–water partition coefficient (Wildman–Crippen LogP) is 5.47. The molecule has 0 aliphatic heterocycles. The van der Waals surface area contributed by atoms with E-state index in [-0.39, 0.29) is 23.5 Å². The number of halogens is 2. The summed E-state index contributed by atoms with van der Waals surface area (Å²) in [5.41, 5.74) is 1.97. The Balaban J connectivity index is 1.60. The number of ether oxygens (including phenoxy) is 1. The van der Waals surface area contributed by atoms with Crippen molar-refractivity contribution in [1.82, 2.24) is 5.32 Å². The first-order valence-electron chi connectivity index (χ1n) is 9.71. The minimum absolute atomic E-state index is 0.0885. The van der Waals surface area contributed by atoms with Crippen molar-refractivity contribution in [3.63, 3.8) is 0 Å². The van der Waals surface area contributed by atoms with E-state index < -0.39 is 10.0 Å². The number of rotatable bonds is 8. The first-order chi connectivity index (χ1) is 15.1. The molecular weight excluding hydrogens is 516 g/mol. The van der Waals surface area contributed by atoms with Crippen LogP contribution < -0.4 is 14.8 Å². The van der Waals surface area contributed by atoms with Crippen LogP contribution in [0.25, 0.3) is 0 Å². The van der Waals surface area contributed by atoms with E-state index >= 15 is 0 Å². The zero-order valence-electron chi connectivity index (χ0n) is 17.4. The lowest BCUT2D eigenvalue weighted by molar-refractivity contribution is -0.123. The molecule has 168 valence electrons. The number of anilines is 1. The molecule has 1 atom stereocenters. The van der Waals surface area contributed by atoms with E-state index in [0.717, 1.165) is 10.0 Å². The van der Waals surface area contributed by atoms with Crippen LogP contribution in [0.5, 0.6) is 5.75 Å². The largest absolute Gasteiger partial charge is 0.484 e. The molecule has 0 aliphatic rings. The summed E-state index contributed by atoms with van der Waals surface area (Å²) in [5, 5.41) is 3.39. The second-order valence-electron chi connectivity index (χ2n) is 7.17. The first-order valence-corrected chi connectivity index (χ1v) is 12.4. The SMILES string of the molecule is Cc1cc(S(=O)(=O)Nc2ccc(Cl)cc2)ccc1OCC(=O)N[C@H](C)c1ccc(Br)cc1. The fraction of sp³-hybridized carbons (Fsp3) is 0.174. The van der Waals surface area contributed by atoms with E-state index in [1.807, 2.05) is 31.2 Å². The molecule has 3 aromatic carbocycles. The number of carbonyl (C=O) groups is 1. The van der Waals surface area contributed by atoms with Crippen molar-refractivity contribution in [3.8, 4) is 5.75 Å². The molecule has 0 radical (unpaired) electrons. The van der Waals surface area contributed by atoms with Crippen LogP contribution >= 0.6 is 27.5 Å². The van der Waals surface area contributed by atoms with Gasteiger partial charge in [0.2, 0.25) is 0 Å². The van der Waals surface area contributed by atoms with E-state index in [0.29, 0.717) is 22.0 Å². The molecule has 0 spiro atoms. The Labute approximate surface area is 201 Å². The van der Waals surface area contributed by atoms with E-state index in [1.54, 1.807) is 31.2 Å². The Morgan fingerprint density at radius 1 is 1.06 bits per heavy atom. The van der Waals surface area contributed by atoms with Crippen LogP contribution in [0, 0.1) is 6.92 Å².